The molecule has 2 aromatic rings. The Morgan fingerprint density at radius 2 is 1.66 bits per heavy atom. The number of aliphatic carboxylic acids is 2. The Morgan fingerprint density at radius 3 is 2.16 bits per heavy atom. The van der Waals surface area contributed by atoms with Crippen LogP contribution < -0.4 is 26.7 Å². The van der Waals surface area contributed by atoms with E-state index in [1.54, 1.807) is 26.8 Å². The zero-order valence-electron chi connectivity index (χ0n) is 22.0. The van der Waals surface area contributed by atoms with Crippen LogP contribution in [0, 0.1) is 20.8 Å². The number of aryl methyl sites for hydroxylation is 1. The molecule has 0 saturated carbocycles. The van der Waals surface area contributed by atoms with Crippen LogP contribution in [0.15, 0.2) is 46.3 Å². The third-order valence-electron chi connectivity index (χ3n) is 5.62. The molecule has 0 amide bonds. The Hall–Kier alpha value is -3.68. The lowest BCUT2D eigenvalue weighted by Crippen LogP contribution is -2.41. The lowest BCUT2D eigenvalue weighted by Gasteiger charge is -2.19. The molecule has 9 N–H and O–H groups in total. The summed E-state index contributed by atoms with van der Waals surface area (Å²) in [6.45, 7) is 5.26. The fourth-order valence-corrected chi connectivity index (χ4v) is 5.33. The molecule has 0 aliphatic heterocycles. The molecule has 0 fully saturated rings. The quantitative estimate of drug-likeness (QED) is 0.125. The first kappa shape index (κ1) is 32.3. The van der Waals surface area contributed by atoms with Gasteiger partial charge in [-0.1, -0.05) is 30.3 Å². The lowest BCUT2D eigenvalue weighted by molar-refractivity contribution is -0.139. The van der Waals surface area contributed by atoms with E-state index in [9.17, 15) is 23.1 Å². The molecule has 0 saturated heterocycles. The first-order valence-corrected chi connectivity index (χ1v) is 13.2. The highest BCUT2D eigenvalue weighted by molar-refractivity contribution is 7.89. The van der Waals surface area contributed by atoms with E-state index in [1.165, 1.54) is 7.11 Å². The monoisotopic (exact) mass is 551 g/mol. The first-order chi connectivity index (χ1) is 17.7. The number of hydrogen-bond acceptors (Lipinski definition) is 7. The number of carboxylic acids is 2. The fraction of sp³-hybridized carbons (Fsp3) is 0.400. The van der Waals surface area contributed by atoms with E-state index in [4.69, 9.17) is 27.0 Å². The van der Waals surface area contributed by atoms with Crippen molar-refractivity contribution < 1.29 is 33.0 Å². The van der Waals surface area contributed by atoms with E-state index < -0.39 is 34.0 Å². The van der Waals surface area contributed by atoms with Crippen molar-refractivity contribution >= 4 is 27.9 Å². The summed E-state index contributed by atoms with van der Waals surface area (Å²) < 4.78 is 33.1. The number of sulfonamides is 1. The average Bonchev–Trinajstić information content (AvgIpc) is 2.83. The Labute approximate surface area is 222 Å². The summed E-state index contributed by atoms with van der Waals surface area (Å²) in [6.07, 6.45) is 0.756. The minimum absolute atomic E-state index is 0.0541. The average molecular weight is 552 g/mol. The van der Waals surface area contributed by atoms with Crippen LogP contribution in [0.4, 0.5) is 0 Å². The van der Waals surface area contributed by atoms with E-state index in [2.05, 4.69) is 9.71 Å². The molecule has 0 spiro atoms. The van der Waals surface area contributed by atoms with Crippen molar-refractivity contribution in [2.45, 2.75) is 57.0 Å². The summed E-state index contributed by atoms with van der Waals surface area (Å²) >= 11 is 0. The zero-order valence-corrected chi connectivity index (χ0v) is 22.8. The van der Waals surface area contributed by atoms with Crippen LogP contribution in [-0.2, 0) is 26.0 Å². The zero-order chi connectivity index (χ0) is 29.0. The molecule has 12 nitrogen and oxygen atoms in total. The normalized spacial score (nSPS) is 12.4. The van der Waals surface area contributed by atoms with E-state index in [0.29, 0.717) is 35.3 Å². The van der Waals surface area contributed by atoms with Crippen molar-refractivity contribution in [2.75, 3.05) is 13.7 Å². The molecule has 0 bridgehead atoms. The van der Waals surface area contributed by atoms with Crippen LogP contribution >= 0.6 is 0 Å². The van der Waals surface area contributed by atoms with Gasteiger partial charge in [-0.3, -0.25) is 14.6 Å². The second-order valence-corrected chi connectivity index (χ2v) is 10.2. The molecule has 0 radical (unpaired) electrons. The second kappa shape index (κ2) is 14.9. The van der Waals surface area contributed by atoms with E-state index in [0.717, 1.165) is 5.56 Å². The van der Waals surface area contributed by atoms with Gasteiger partial charge >= 0.3 is 11.9 Å². The van der Waals surface area contributed by atoms with Gasteiger partial charge in [0, 0.05) is 6.54 Å². The molecular weight excluding hydrogens is 514 g/mol. The first-order valence-electron chi connectivity index (χ1n) is 11.7. The van der Waals surface area contributed by atoms with E-state index >= 15 is 0 Å². The molecule has 2 rings (SSSR count). The minimum Gasteiger partial charge on any atom is -0.496 e. The number of carbonyl (C=O) groups is 2. The smallest absolute Gasteiger partial charge is 0.321 e. The number of rotatable bonds is 12. The molecular formula is C25H37N5O7S. The van der Waals surface area contributed by atoms with Gasteiger partial charge < -0.3 is 32.2 Å². The van der Waals surface area contributed by atoms with Crippen LogP contribution in [0.5, 0.6) is 5.75 Å². The van der Waals surface area contributed by atoms with Crippen molar-refractivity contribution in [3.8, 4) is 5.75 Å². The maximum atomic E-state index is 12.8. The maximum absolute atomic E-state index is 12.8. The topological polar surface area (TPSA) is 220 Å². The van der Waals surface area contributed by atoms with Crippen LogP contribution in [-0.4, -0.2) is 62.3 Å². The minimum atomic E-state index is -4.04. The number of carboxylic acid groups (broad SMARTS) is 2. The number of nitrogens with two attached hydrogens (primary N) is 3. The van der Waals surface area contributed by atoms with Gasteiger partial charge in [-0.05, 0) is 68.4 Å². The molecule has 2 aromatic carbocycles. The SMILES string of the molecule is COc1cc(C)c(S(=O)(=O)N[C@@H](CCCN=C(N)N)C(=O)O)c(C)c1C.N[C@@H](Cc1ccccc1)C(=O)O. The molecule has 13 heteroatoms. The highest BCUT2D eigenvalue weighted by atomic mass is 32.2. The second-order valence-electron chi connectivity index (χ2n) is 8.57. The maximum Gasteiger partial charge on any atom is 0.321 e. The van der Waals surface area contributed by atoms with Crippen LogP contribution in [0.2, 0.25) is 0 Å². The van der Waals surface area contributed by atoms with Gasteiger partial charge in [0.25, 0.3) is 0 Å². The van der Waals surface area contributed by atoms with Crippen LogP contribution in [0.1, 0.15) is 35.1 Å². The summed E-state index contributed by atoms with van der Waals surface area (Å²) in [5, 5.41) is 17.9. The van der Waals surface area contributed by atoms with Gasteiger partial charge in [0.05, 0.1) is 12.0 Å². The van der Waals surface area contributed by atoms with Crippen molar-refractivity contribution in [3.05, 3.63) is 58.7 Å². The molecule has 0 heterocycles. The fourth-order valence-electron chi connectivity index (χ4n) is 3.58. The number of ether oxygens (including phenoxy) is 1. The summed E-state index contributed by atoms with van der Waals surface area (Å²) in [4.78, 5) is 25.6. The Balaban J connectivity index is 0.000000499. The Bertz CT molecular complexity index is 1230. The number of nitrogens with zero attached hydrogens (tertiary/aromatic N) is 1. The molecule has 0 unspecified atom stereocenters. The predicted octanol–water partition coefficient (Wildman–Crippen LogP) is 1.05. The van der Waals surface area contributed by atoms with Crippen molar-refractivity contribution in [2.24, 2.45) is 22.2 Å². The number of methoxy groups -OCH3 is 1. The molecule has 0 aromatic heterocycles. The number of nitrogens with one attached hydrogen (secondary N) is 1. The van der Waals surface area contributed by atoms with Crippen molar-refractivity contribution in [1.29, 1.82) is 0 Å². The van der Waals surface area contributed by atoms with E-state index in [-0.39, 0.29) is 23.8 Å². The van der Waals surface area contributed by atoms with Crippen LogP contribution in [0.3, 0.4) is 0 Å². The van der Waals surface area contributed by atoms with Gasteiger partial charge in [0.15, 0.2) is 5.96 Å². The molecule has 210 valence electrons. The third-order valence-corrected chi connectivity index (χ3v) is 7.38. The molecule has 38 heavy (non-hydrogen) atoms. The lowest BCUT2D eigenvalue weighted by atomic mass is 10.1. The van der Waals surface area contributed by atoms with Crippen molar-refractivity contribution in [3.63, 3.8) is 0 Å². The molecule has 0 aliphatic carbocycles. The van der Waals surface area contributed by atoms with Gasteiger partial charge in [-0.15, -0.1) is 0 Å². The van der Waals surface area contributed by atoms with Gasteiger partial charge in [0.2, 0.25) is 10.0 Å². The molecule has 2 atom stereocenters. The summed E-state index contributed by atoms with van der Waals surface area (Å²) in [5.74, 6) is -1.75. The van der Waals surface area contributed by atoms with Crippen LogP contribution in [0.25, 0.3) is 0 Å². The Kier molecular flexibility index (Phi) is 12.7. The summed E-state index contributed by atoms with van der Waals surface area (Å²) in [5.41, 5.74) is 18.4. The number of aliphatic imine (C=N–C) groups is 1. The number of guanidine groups is 1. The summed E-state index contributed by atoms with van der Waals surface area (Å²) in [7, 11) is -2.53. The van der Waals surface area contributed by atoms with Crippen molar-refractivity contribution in [1.82, 2.24) is 4.72 Å². The molecule has 0 aliphatic rings. The standard InChI is InChI=1S/C16H26N4O5S.C9H11NO2/c1-9-8-13(25-4)10(2)11(3)14(9)26(23,24)20-12(15(21)22)6-5-7-19-16(17)18;10-8(9(11)12)6-7-4-2-1-3-5-7/h8,12,20H,5-7H2,1-4H3,(H,21,22)(H4,17,18,19);1-5,8H,6,10H2,(H,11,12)/t12-;8-/m00/s1. The Morgan fingerprint density at radius 1 is 1.05 bits per heavy atom. The van der Waals surface area contributed by atoms with Gasteiger partial charge in [-0.2, -0.15) is 4.72 Å². The number of hydrogen-bond donors (Lipinski definition) is 6. The predicted molar refractivity (Wildman–Crippen MR) is 145 cm³/mol. The van der Waals surface area contributed by atoms with Gasteiger partial charge in [0.1, 0.15) is 17.8 Å². The largest absolute Gasteiger partial charge is 0.496 e. The van der Waals surface area contributed by atoms with Gasteiger partial charge in [-0.25, -0.2) is 8.42 Å². The number of benzene rings is 2. The van der Waals surface area contributed by atoms with E-state index in [1.807, 2.05) is 30.3 Å². The highest BCUT2D eigenvalue weighted by Crippen LogP contribution is 2.30. The summed E-state index contributed by atoms with van der Waals surface area (Å²) in [6, 6.07) is 8.88. The highest BCUT2D eigenvalue weighted by Gasteiger charge is 2.28. The third kappa shape index (κ3) is 10.00.